The molecule has 0 heterocycles. The Bertz CT molecular complexity index is 228. The second kappa shape index (κ2) is 10.0. The highest BCUT2D eigenvalue weighted by Crippen LogP contribution is 1.90. The molecule has 0 aliphatic carbocycles. The maximum atomic E-state index is 11.5. The van der Waals surface area contributed by atoms with Crippen molar-refractivity contribution in [3.63, 3.8) is 0 Å². The lowest BCUT2D eigenvalue weighted by Gasteiger charge is -2.19. The number of urea groups is 1. The third-order valence-electron chi connectivity index (χ3n) is 2.11. The van der Waals surface area contributed by atoms with Crippen molar-refractivity contribution in [3.8, 4) is 0 Å². The van der Waals surface area contributed by atoms with Crippen molar-refractivity contribution < 1.29 is 14.7 Å². The van der Waals surface area contributed by atoms with Gasteiger partial charge in [-0.2, -0.15) is 0 Å². The number of hydrogen-bond acceptors (Lipinski definition) is 4. The van der Waals surface area contributed by atoms with Crippen molar-refractivity contribution in [2.75, 3.05) is 32.8 Å². The fourth-order valence-corrected chi connectivity index (χ4v) is 1.38. The van der Waals surface area contributed by atoms with Crippen molar-refractivity contribution in [1.29, 1.82) is 0 Å². The molecule has 0 fully saturated rings. The lowest BCUT2D eigenvalue weighted by atomic mass is 10.4. The molecule has 0 rings (SSSR count). The van der Waals surface area contributed by atoms with Crippen LogP contribution in [0.25, 0.3) is 0 Å². The minimum atomic E-state index is -0.461. The molecule has 3 N–H and O–H groups in total. The van der Waals surface area contributed by atoms with Crippen LogP contribution in [0, 0.1) is 0 Å². The third-order valence-corrected chi connectivity index (χ3v) is 2.11. The molecule has 100 valence electrons. The van der Waals surface area contributed by atoms with E-state index in [4.69, 9.17) is 5.11 Å². The second-order valence-electron chi connectivity index (χ2n) is 3.80. The van der Waals surface area contributed by atoms with Gasteiger partial charge in [-0.25, -0.2) is 4.79 Å². The summed E-state index contributed by atoms with van der Waals surface area (Å²) in [6.45, 7) is 5.79. The standard InChI is InChI=1S/C11H23N3O3/c1-3-5-12-11(17)13-10(16)9-14(6-4-2)7-8-15/h15H,3-9H2,1-2H3,(H2,12,13,16,17). The fourth-order valence-electron chi connectivity index (χ4n) is 1.38. The average Bonchev–Trinajstić information content (AvgIpc) is 2.26. The van der Waals surface area contributed by atoms with E-state index in [1.807, 2.05) is 18.7 Å². The molecule has 6 heteroatoms. The van der Waals surface area contributed by atoms with Crippen molar-refractivity contribution in [3.05, 3.63) is 0 Å². The molecule has 0 spiro atoms. The zero-order chi connectivity index (χ0) is 13.1. The number of amides is 3. The molecule has 0 saturated carbocycles. The van der Waals surface area contributed by atoms with Gasteiger partial charge in [0.2, 0.25) is 5.91 Å². The number of rotatable bonds is 8. The highest BCUT2D eigenvalue weighted by Gasteiger charge is 2.11. The maximum Gasteiger partial charge on any atom is 0.321 e. The predicted molar refractivity (Wildman–Crippen MR) is 65.6 cm³/mol. The van der Waals surface area contributed by atoms with Crippen LogP contribution in [0.4, 0.5) is 4.79 Å². The Morgan fingerprint density at radius 1 is 1.18 bits per heavy atom. The number of nitrogens with one attached hydrogen (secondary N) is 2. The molecule has 0 aromatic heterocycles. The van der Waals surface area contributed by atoms with Gasteiger partial charge in [0.05, 0.1) is 13.2 Å². The largest absolute Gasteiger partial charge is 0.395 e. The lowest BCUT2D eigenvalue weighted by Crippen LogP contribution is -2.45. The smallest absolute Gasteiger partial charge is 0.321 e. The van der Waals surface area contributed by atoms with Gasteiger partial charge in [0.1, 0.15) is 0 Å². The molecule has 0 aliphatic rings. The summed E-state index contributed by atoms with van der Waals surface area (Å²) in [5.74, 6) is -0.347. The van der Waals surface area contributed by atoms with Crippen LogP contribution in [0.2, 0.25) is 0 Å². The molecule has 0 aliphatic heterocycles. The first-order valence-electron chi connectivity index (χ1n) is 6.04. The predicted octanol–water partition coefficient (Wildman–Crippen LogP) is -0.0735. The Morgan fingerprint density at radius 3 is 2.41 bits per heavy atom. The van der Waals surface area contributed by atoms with Gasteiger partial charge >= 0.3 is 6.03 Å². The van der Waals surface area contributed by atoms with Crippen molar-refractivity contribution in [1.82, 2.24) is 15.5 Å². The average molecular weight is 245 g/mol. The zero-order valence-corrected chi connectivity index (χ0v) is 10.7. The first-order valence-corrected chi connectivity index (χ1v) is 6.04. The van der Waals surface area contributed by atoms with Crippen molar-refractivity contribution in [2.24, 2.45) is 0 Å². The SMILES string of the molecule is CCCNC(=O)NC(=O)CN(CCC)CCO. The van der Waals surface area contributed by atoms with E-state index in [2.05, 4.69) is 10.6 Å². The van der Waals surface area contributed by atoms with E-state index >= 15 is 0 Å². The summed E-state index contributed by atoms with van der Waals surface area (Å²) in [6.07, 6.45) is 1.73. The summed E-state index contributed by atoms with van der Waals surface area (Å²) in [5, 5.41) is 13.6. The summed E-state index contributed by atoms with van der Waals surface area (Å²) in [4.78, 5) is 24.5. The van der Waals surface area contributed by atoms with Gasteiger partial charge in [0.15, 0.2) is 0 Å². The van der Waals surface area contributed by atoms with Crippen LogP contribution in [0.1, 0.15) is 26.7 Å². The molecule has 0 radical (unpaired) electrons. The van der Waals surface area contributed by atoms with Crippen LogP contribution in [0.15, 0.2) is 0 Å². The quantitative estimate of drug-likeness (QED) is 0.559. The highest BCUT2D eigenvalue weighted by atomic mass is 16.3. The maximum absolute atomic E-state index is 11.5. The Kier molecular flexibility index (Phi) is 9.37. The van der Waals surface area contributed by atoms with Crippen molar-refractivity contribution >= 4 is 11.9 Å². The fraction of sp³-hybridized carbons (Fsp3) is 0.818. The third kappa shape index (κ3) is 8.65. The molecule has 3 amide bonds. The molecule has 0 aromatic rings. The zero-order valence-electron chi connectivity index (χ0n) is 10.7. The van der Waals surface area contributed by atoms with Crippen LogP contribution < -0.4 is 10.6 Å². The Balaban J connectivity index is 3.91. The van der Waals surface area contributed by atoms with Gasteiger partial charge < -0.3 is 10.4 Å². The number of aliphatic hydroxyl groups excluding tert-OH is 1. The van der Waals surface area contributed by atoms with E-state index in [9.17, 15) is 9.59 Å². The number of nitrogens with zero attached hydrogens (tertiary/aromatic N) is 1. The first kappa shape index (κ1) is 15.9. The minimum absolute atomic E-state index is 0.00924. The molecule has 0 saturated heterocycles. The molecular weight excluding hydrogens is 222 g/mol. The Labute approximate surface area is 102 Å². The molecule has 0 atom stereocenters. The molecule has 0 aromatic carbocycles. The van der Waals surface area contributed by atoms with Gasteiger partial charge in [0.25, 0.3) is 0 Å². The summed E-state index contributed by atoms with van der Waals surface area (Å²) >= 11 is 0. The van der Waals surface area contributed by atoms with E-state index in [1.54, 1.807) is 0 Å². The van der Waals surface area contributed by atoms with Crippen LogP contribution >= 0.6 is 0 Å². The van der Waals surface area contributed by atoms with Crippen LogP contribution in [-0.2, 0) is 4.79 Å². The molecule has 17 heavy (non-hydrogen) atoms. The van der Waals surface area contributed by atoms with Crippen LogP contribution in [0.5, 0.6) is 0 Å². The Hall–Kier alpha value is -1.14. The topological polar surface area (TPSA) is 81.7 Å². The van der Waals surface area contributed by atoms with Crippen molar-refractivity contribution in [2.45, 2.75) is 26.7 Å². The summed E-state index contributed by atoms with van der Waals surface area (Å²) in [7, 11) is 0. The van der Waals surface area contributed by atoms with E-state index < -0.39 is 6.03 Å². The van der Waals surface area contributed by atoms with Crippen LogP contribution in [-0.4, -0.2) is 54.7 Å². The molecule has 6 nitrogen and oxygen atoms in total. The van der Waals surface area contributed by atoms with Gasteiger partial charge in [0, 0.05) is 13.1 Å². The summed E-state index contributed by atoms with van der Waals surface area (Å²) < 4.78 is 0. The van der Waals surface area contributed by atoms with Gasteiger partial charge in [-0.05, 0) is 19.4 Å². The minimum Gasteiger partial charge on any atom is -0.395 e. The molecule has 0 unspecified atom stereocenters. The van der Waals surface area contributed by atoms with Gasteiger partial charge in [-0.3, -0.25) is 15.0 Å². The first-order chi connectivity index (χ1) is 8.13. The second-order valence-corrected chi connectivity index (χ2v) is 3.80. The van der Waals surface area contributed by atoms with E-state index in [1.165, 1.54) is 0 Å². The number of hydrogen-bond donors (Lipinski definition) is 3. The number of imide groups is 1. The van der Waals surface area contributed by atoms with E-state index in [0.29, 0.717) is 13.1 Å². The highest BCUT2D eigenvalue weighted by molar-refractivity contribution is 5.95. The van der Waals surface area contributed by atoms with Gasteiger partial charge in [-0.1, -0.05) is 13.8 Å². The van der Waals surface area contributed by atoms with E-state index in [-0.39, 0.29) is 19.1 Å². The lowest BCUT2D eigenvalue weighted by molar-refractivity contribution is -0.121. The molecular formula is C11H23N3O3. The Morgan fingerprint density at radius 2 is 1.88 bits per heavy atom. The van der Waals surface area contributed by atoms with E-state index in [0.717, 1.165) is 19.4 Å². The van der Waals surface area contributed by atoms with Crippen LogP contribution in [0.3, 0.4) is 0 Å². The van der Waals surface area contributed by atoms with Gasteiger partial charge in [-0.15, -0.1) is 0 Å². The number of aliphatic hydroxyl groups is 1. The summed E-state index contributed by atoms with van der Waals surface area (Å²) in [6, 6.07) is -0.461. The normalized spacial score (nSPS) is 10.4. The monoisotopic (exact) mass is 245 g/mol. The summed E-state index contributed by atoms with van der Waals surface area (Å²) in [5.41, 5.74) is 0. The number of carbonyl (C=O) groups is 2. The number of carbonyl (C=O) groups excluding carboxylic acids is 2. The molecule has 0 bridgehead atoms.